The zero-order chi connectivity index (χ0) is 15.0. The van der Waals surface area contributed by atoms with Crippen LogP contribution in [0.1, 0.15) is 20.8 Å². The van der Waals surface area contributed by atoms with Crippen molar-refractivity contribution >= 4 is 5.91 Å². The number of ether oxygens (including phenoxy) is 2. The van der Waals surface area contributed by atoms with E-state index in [1.807, 2.05) is 20.8 Å². The summed E-state index contributed by atoms with van der Waals surface area (Å²) in [5.41, 5.74) is 0. The van der Waals surface area contributed by atoms with E-state index < -0.39 is 6.10 Å². The normalized spacial score (nSPS) is 12.1. The molecule has 0 bridgehead atoms. The highest BCUT2D eigenvalue weighted by molar-refractivity contribution is 5.77. The van der Waals surface area contributed by atoms with Gasteiger partial charge < -0.3 is 19.9 Å². The summed E-state index contributed by atoms with van der Waals surface area (Å²) in [5, 5.41) is 12.2. The van der Waals surface area contributed by atoms with E-state index in [4.69, 9.17) is 9.47 Å². The van der Waals surface area contributed by atoms with Crippen molar-refractivity contribution in [3.63, 3.8) is 0 Å². The molecule has 5 heteroatoms. The molecule has 5 nitrogen and oxygen atoms in total. The fourth-order valence-electron chi connectivity index (χ4n) is 1.45. The number of benzene rings is 1. The van der Waals surface area contributed by atoms with Gasteiger partial charge in [0.15, 0.2) is 6.61 Å². The summed E-state index contributed by atoms with van der Waals surface area (Å²) in [5.74, 6) is 1.23. The maximum absolute atomic E-state index is 11.5. The Labute approximate surface area is 119 Å². The van der Waals surface area contributed by atoms with Gasteiger partial charge in [0.25, 0.3) is 5.91 Å². The molecular weight excluding hydrogens is 258 g/mol. The highest BCUT2D eigenvalue weighted by Crippen LogP contribution is 2.17. The molecule has 0 fully saturated rings. The third-order valence-corrected chi connectivity index (χ3v) is 2.78. The van der Waals surface area contributed by atoms with E-state index in [-0.39, 0.29) is 25.0 Å². The number of aliphatic hydroxyl groups excluding tert-OH is 1. The van der Waals surface area contributed by atoms with Crippen molar-refractivity contribution in [3.8, 4) is 11.5 Å². The standard InChI is InChI=1S/C15H23NO4/c1-4-19-12-5-7-13(8-6-12)20-10-15(18)16-9-14(17)11(2)3/h5-8,11,14,17H,4,9-10H2,1-3H3,(H,16,18). The Balaban J connectivity index is 2.30. The Hall–Kier alpha value is -1.75. The van der Waals surface area contributed by atoms with Gasteiger partial charge in [0.2, 0.25) is 0 Å². The SMILES string of the molecule is CCOc1ccc(OCC(=O)NCC(O)C(C)C)cc1. The number of hydrogen-bond donors (Lipinski definition) is 2. The van der Waals surface area contributed by atoms with Gasteiger partial charge in [0.05, 0.1) is 12.7 Å². The lowest BCUT2D eigenvalue weighted by Gasteiger charge is -2.15. The van der Waals surface area contributed by atoms with E-state index in [1.165, 1.54) is 0 Å². The number of carbonyl (C=O) groups is 1. The highest BCUT2D eigenvalue weighted by Gasteiger charge is 2.10. The Morgan fingerprint density at radius 2 is 1.75 bits per heavy atom. The molecule has 0 aliphatic heterocycles. The van der Waals surface area contributed by atoms with E-state index in [1.54, 1.807) is 24.3 Å². The number of rotatable bonds is 8. The van der Waals surface area contributed by atoms with E-state index in [9.17, 15) is 9.90 Å². The van der Waals surface area contributed by atoms with Crippen molar-refractivity contribution in [1.29, 1.82) is 0 Å². The van der Waals surface area contributed by atoms with Crippen LogP contribution in [-0.2, 0) is 4.79 Å². The number of aliphatic hydroxyl groups is 1. The first kappa shape index (κ1) is 16.3. The minimum absolute atomic E-state index is 0.0706. The van der Waals surface area contributed by atoms with Crippen LogP contribution in [0.3, 0.4) is 0 Å². The smallest absolute Gasteiger partial charge is 0.258 e. The van der Waals surface area contributed by atoms with Crippen molar-refractivity contribution in [1.82, 2.24) is 5.32 Å². The first-order valence-electron chi connectivity index (χ1n) is 6.83. The first-order chi connectivity index (χ1) is 9.52. The average molecular weight is 281 g/mol. The third kappa shape index (κ3) is 5.93. The van der Waals surface area contributed by atoms with Gasteiger partial charge in [-0.25, -0.2) is 0 Å². The molecule has 0 saturated carbocycles. The van der Waals surface area contributed by atoms with Crippen LogP contribution in [0.2, 0.25) is 0 Å². The monoisotopic (exact) mass is 281 g/mol. The molecule has 112 valence electrons. The van der Waals surface area contributed by atoms with Crippen LogP contribution < -0.4 is 14.8 Å². The number of amides is 1. The molecule has 1 rings (SSSR count). The Morgan fingerprint density at radius 3 is 2.25 bits per heavy atom. The van der Waals surface area contributed by atoms with Crippen molar-refractivity contribution in [2.24, 2.45) is 5.92 Å². The van der Waals surface area contributed by atoms with Gasteiger partial charge >= 0.3 is 0 Å². The molecule has 0 saturated heterocycles. The zero-order valence-electron chi connectivity index (χ0n) is 12.3. The van der Waals surface area contributed by atoms with Crippen LogP contribution >= 0.6 is 0 Å². The summed E-state index contributed by atoms with van der Waals surface area (Å²) in [6.07, 6.45) is -0.538. The van der Waals surface area contributed by atoms with Gasteiger partial charge in [-0.2, -0.15) is 0 Å². The van der Waals surface area contributed by atoms with Crippen LogP contribution in [0.25, 0.3) is 0 Å². The summed E-state index contributed by atoms with van der Waals surface area (Å²) in [6, 6.07) is 7.08. The van der Waals surface area contributed by atoms with Gasteiger partial charge in [-0.1, -0.05) is 13.8 Å². The maximum atomic E-state index is 11.5. The lowest BCUT2D eigenvalue weighted by Crippen LogP contribution is -2.37. The molecule has 0 aliphatic rings. The molecule has 1 aromatic rings. The topological polar surface area (TPSA) is 67.8 Å². The Morgan fingerprint density at radius 1 is 1.20 bits per heavy atom. The van der Waals surface area contributed by atoms with E-state index in [0.717, 1.165) is 5.75 Å². The second kappa shape index (κ2) is 8.43. The molecule has 0 spiro atoms. The second-order valence-corrected chi connectivity index (χ2v) is 4.81. The number of carbonyl (C=O) groups excluding carboxylic acids is 1. The van der Waals surface area contributed by atoms with Crippen molar-refractivity contribution < 1.29 is 19.4 Å². The Bertz CT molecular complexity index is 403. The van der Waals surface area contributed by atoms with E-state index >= 15 is 0 Å². The maximum Gasteiger partial charge on any atom is 0.258 e. The minimum Gasteiger partial charge on any atom is -0.494 e. The summed E-state index contributed by atoms with van der Waals surface area (Å²) >= 11 is 0. The van der Waals surface area contributed by atoms with Gasteiger partial charge in [0, 0.05) is 6.54 Å². The molecule has 0 heterocycles. The van der Waals surface area contributed by atoms with Crippen LogP contribution in [0.15, 0.2) is 24.3 Å². The summed E-state index contributed by atoms with van der Waals surface area (Å²) in [4.78, 5) is 11.5. The third-order valence-electron chi connectivity index (χ3n) is 2.78. The van der Waals surface area contributed by atoms with Gasteiger partial charge in [-0.15, -0.1) is 0 Å². The molecule has 0 aromatic heterocycles. The molecule has 0 aliphatic carbocycles. The first-order valence-corrected chi connectivity index (χ1v) is 6.83. The number of nitrogens with one attached hydrogen (secondary N) is 1. The fourth-order valence-corrected chi connectivity index (χ4v) is 1.45. The van der Waals surface area contributed by atoms with Crippen molar-refractivity contribution in [2.75, 3.05) is 19.8 Å². The van der Waals surface area contributed by atoms with Crippen molar-refractivity contribution in [3.05, 3.63) is 24.3 Å². The molecule has 1 unspecified atom stereocenters. The van der Waals surface area contributed by atoms with Crippen LogP contribution in [0, 0.1) is 5.92 Å². The molecule has 20 heavy (non-hydrogen) atoms. The highest BCUT2D eigenvalue weighted by atomic mass is 16.5. The summed E-state index contributed by atoms with van der Waals surface area (Å²) in [6.45, 7) is 6.49. The largest absolute Gasteiger partial charge is 0.494 e. The van der Waals surface area contributed by atoms with Crippen LogP contribution in [0.4, 0.5) is 0 Å². The molecular formula is C15H23NO4. The lowest BCUT2D eigenvalue weighted by atomic mass is 10.1. The van der Waals surface area contributed by atoms with Gasteiger partial charge in [0.1, 0.15) is 11.5 Å². The van der Waals surface area contributed by atoms with Crippen LogP contribution in [-0.4, -0.2) is 36.9 Å². The second-order valence-electron chi connectivity index (χ2n) is 4.81. The molecule has 2 N–H and O–H groups in total. The Kier molecular flexibility index (Phi) is 6.87. The van der Waals surface area contributed by atoms with E-state index in [2.05, 4.69) is 5.32 Å². The van der Waals surface area contributed by atoms with E-state index in [0.29, 0.717) is 12.4 Å². The summed E-state index contributed by atoms with van der Waals surface area (Å²) in [7, 11) is 0. The average Bonchev–Trinajstić information content (AvgIpc) is 2.44. The van der Waals surface area contributed by atoms with Gasteiger partial charge in [-0.3, -0.25) is 4.79 Å². The quantitative estimate of drug-likeness (QED) is 0.759. The summed E-state index contributed by atoms with van der Waals surface area (Å²) < 4.78 is 10.7. The zero-order valence-corrected chi connectivity index (χ0v) is 12.3. The number of hydrogen-bond acceptors (Lipinski definition) is 4. The molecule has 0 radical (unpaired) electrons. The fraction of sp³-hybridized carbons (Fsp3) is 0.533. The molecule has 1 atom stereocenters. The molecule has 1 amide bonds. The molecule has 1 aromatic carbocycles. The van der Waals surface area contributed by atoms with Crippen LogP contribution in [0.5, 0.6) is 11.5 Å². The van der Waals surface area contributed by atoms with Gasteiger partial charge in [-0.05, 0) is 37.1 Å². The minimum atomic E-state index is -0.538. The predicted octanol–water partition coefficient (Wildman–Crippen LogP) is 1.60. The lowest BCUT2D eigenvalue weighted by molar-refractivity contribution is -0.123. The predicted molar refractivity (Wildman–Crippen MR) is 77.0 cm³/mol. The van der Waals surface area contributed by atoms with Crippen molar-refractivity contribution in [2.45, 2.75) is 26.9 Å².